The van der Waals surface area contributed by atoms with E-state index in [0.29, 0.717) is 25.9 Å². The Labute approximate surface area is 188 Å². The van der Waals surface area contributed by atoms with Crippen molar-refractivity contribution in [3.63, 3.8) is 0 Å². The first-order valence-corrected chi connectivity index (χ1v) is 10.9. The zero-order valence-corrected chi connectivity index (χ0v) is 18.3. The fourth-order valence-electron chi connectivity index (χ4n) is 3.58. The summed E-state index contributed by atoms with van der Waals surface area (Å²) in [6.45, 7) is 2.57. The van der Waals surface area contributed by atoms with Crippen molar-refractivity contribution < 1.29 is 19.5 Å². The van der Waals surface area contributed by atoms with E-state index < -0.39 is 5.97 Å². The van der Waals surface area contributed by atoms with Gasteiger partial charge in [0.2, 0.25) is 11.8 Å². The maximum atomic E-state index is 13.1. The first kappa shape index (κ1) is 23.1. The number of anilines is 1. The van der Waals surface area contributed by atoms with Crippen molar-refractivity contribution in [2.24, 2.45) is 5.92 Å². The molecule has 0 bridgehead atoms. The third kappa shape index (κ3) is 6.21. The van der Waals surface area contributed by atoms with Gasteiger partial charge in [0.1, 0.15) is 0 Å². The minimum atomic E-state index is -0.799. The van der Waals surface area contributed by atoms with E-state index in [1.165, 1.54) is 0 Å². The van der Waals surface area contributed by atoms with Crippen molar-refractivity contribution in [1.82, 2.24) is 5.32 Å². The number of unbranched alkanes of at least 4 members (excludes halogenated alkanes) is 1. The van der Waals surface area contributed by atoms with Crippen LogP contribution in [0, 0.1) is 17.8 Å². The van der Waals surface area contributed by atoms with Crippen LogP contribution in [0.3, 0.4) is 0 Å². The van der Waals surface area contributed by atoms with Crippen molar-refractivity contribution in [3.05, 3.63) is 65.2 Å². The van der Waals surface area contributed by atoms with Crippen LogP contribution in [-0.2, 0) is 20.9 Å². The molecule has 2 N–H and O–H groups in total. The SMILES string of the molecule is CC(CCCCNC(=O)CCC(=O)N1Cc2ccccc2C#Cc2ccccc21)C(=O)O. The molecule has 32 heavy (non-hydrogen) atoms. The van der Waals surface area contributed by atoms with E-state index in [4.69, 9.17) is 5.11 Å². The molecule has 0 saturated heterocycles. The van der Waals surface area contributed by atoms with Gasteiger partial charge in [-0.3, -0.25) is 14.4 Å². The number of nitrogens with one attached hydrogen (secondary N) is 1. The lowest BCUT2D eigenvalue weighted by atomic mass is 10.0. The lowest BCUT2D eigenvalue weighted by Gasteiger charge is -2.26. The van der Waals surface area contributed by atoms with Gasteiger partial charge in [-0.2, -0.15) is 0 Å². The molecule has 6 nitrogen and oxygen atoms in total. The second-order valence-corrected chi connectivity index (χ2v) is 7.99. The van der Waals surface area contributed by atoms with E-state index in [-0.39, 0.29) is 30.6 Å². The molecular weight excluding hydrogens is 404 g/mol. The zero-order chi connectivity index (χ0) is 22.9. The number of para-hydroxylation sites is 1. The number of fused-ring (bicyclic) bond motifs is 2. The maximum Gasteiger partial charge on any atom is 0.306 e. The highest BCUT2D eigenvalue weighted by atomic mass is 16.4. The van der Waals surface area contributed by atoms with E-state index >= 15 is 0 Å². The predicted octanol–water partition coefficient (Wildman–Crippen LogP) is 3.72. The van der Waals surface area contributed by atoms with Gasteiger partial charge in [-0.1, -0.05) is 55.5 Å². The summed E-state index contributed by atoms with van der Waals surface area (Å²) in [7, 11) is 0. The number of aliphatic carboxylic acids is 1. The number of benzene rings is 2. The summed E-state index contributed by atoms with van der Waals surface area (Å²) in [5.74, 6) is 4.88. The molecule has 2 aromatic rings. The number of hydrogen-bond acceptors (Lipinski definition) is 3. The third-order valence-corrected chi connectivity index (χ3v) is 5.55. The van der Waals surface area contributed by atoms with Crippen molar-refractivity contribution >= 4 is 23.5 Å². The van der Waals surface area contributed by atoms with Gasteiger partial charge < -0.3 is 15.3 Å². The highest BCUT2D eigenvalue weighted by molar-refractivity contribution is 5.96. The molecule has 1 aliphatic rings. The Morgan fingerprint density at radius 1 is 1.00 bits per heavy atom. The molecule has 0 saturated carbocycles. The van der Waals surface area contributed by atoms with Crippen LogP contribution in [0.1, 0.15) is 55.7 Å². The summed E-state index contributed by atoms with van der Waals surface area (Å²) in [6.07, 6.45) is 2.24. The van der Waals surface area contributed by atoms with E-state index in [1.54, 1.807) is 11.8 Å². The molecule has 3 rings (SSSR count). The first-order chi connectivity index (χ1) is 15.5. The molecular formula is C26H28N2O4. The summed E-state index contributed by atoms with van der Waals surface area (Å²) in [5, 5.41) is 11.7. The fraction of sp³-hybridized carbons (Fsp3) is 0.346. The topological polar surface area (TPSA) is 86.7 Å². The number of amides is 2. The highest BCUT2D eigenvalue weighted by Crippen LogP contribution is 2.26. The average Bonchev–Trinajstić information content (AvgIpc) is 2.78. The molecule has 1 heterocycles. The smallest absolute Gasteiger partial charge is 0.306 e. The van der Waals surface area contributed by atoms with Crippen LogP contribution in [0.15, 0.2) is 48.5 Å². The van der Waals surface area contributed by atoms with E-state index in [2.05, 4.69) is 17.2 Å². The Bertz CT molecular complexity index is 1050. The summed E-state index contributed by atoms with van der Waals surface area (Å²) in [6, 6.07) is 15.3. The van der Waals surface area contributed by atoms with Crippen molar-refractivity contribution in [3.8, 4) is 11.8 Å². The minimum Gasteiger partial charge on any atom is -0.481 e. The number of carbonyl (C=O) groups is 3. The third-order valence-electron chi connectivity index (χ3n) is 5.55. The second-order valence-electron chi connectivity index (χ2n) is 7.99. The minimum absolute atomic E-state index is 0.103. The van der Waals surface area contributed by atoms with Gasteiger partial charge in [-0.05, 0) is 36.6 Å². The van der Waals surface area contributed by atoms with Crippen LogP contribution >= 0.6 is 0 Å². The Morgan fingerprint density at radius 3 is 2.47 bits per heavy atom. The first-order valence-electron chi connectivity index (χ1n) is 10.9. The van der Waals surface area contributed by atoms with Gasteiger partial charge in [-0.25, -0.2) is 0 Å². The maximum absolute atomic E-state index is 13.1. The van der Waals surface area contributed by atoms with Crippen LogP contribution in [-0.4, -0.2) is 29.4 Å². The van der Waals surface area contributed by atoms with Crippen LogP contribution in [0.2, 0.25) is 0 Å². The molecule has 1 unspecified atom stereocenters. The summed E-state index contributed by atoms with van der Waals surface area (Å²) in [4.78, 5) is 37.8. The number of carbonyl (C=O) groups excluding carboxylic acids is 2. The van der Waals surface area contributed by atoms with Crippen LogP contribution in [0.25, 0.3) is 0 Å². The van der Waals surface area contributed by atoms with Gasteiger partial charge in [-0.15, -0.1) is 0 Å². The molecule has 0 aliphatic carbocycles. The molecule has 0 aromatic heterocycles. The molecule has 2 amide bonds. The van der Waals surface area contributed by atoms with Gasteiger partial charge >= 0.3 is 5.97 Å². The summed E-state index contributed by atoms with van der Waals surface area (Å²) < 4.78 is 0. The molecule has 1 atom stereocenters. The van der Waals surface area contributed by atoms with Crippen molar-refractivity contribution in [2.75, 3.05) is 11.4 Å². The van der Waals surface area contributed by atoms with Crippen LogP contribution in [0.4, 0.5) is 5.69 Å². The van der Waals surface area contributed by atoms with Gasteiger partial charge in [0, 0.05) is 30.5 Å². The van der Waals surface area contributed by atoms with Crippen molar-refractivity contribution in [2.45, 2.75) is 45.6 Å². The fourth-order valence-corrected chi connectivity index (χ4v) is 3.58. The van der Waals surface area contributed by atoms with Gasteiger partial charge in [0.05, 0.1) is 18.2 Å². The number of carboxylic acids is 1. The molecule has 1 aliphatic heterocycles. The standard InChI is InChI=1S/C26H28N2O4/c1-19(26(31)32)8-6-7-17-27-24(29)15-16-25(30)28-18-22-11-3-2-9-20(22)13-14-21-10-4-5-12-23(21)28/h2-5,9-12,19H,6-8,15-18H2,1H3,(H,27,29)(H,31,32). The Balaban J connectivity index is 1.56. The number of carboxylic acid groups (broad SMARTS) is 1. The number of rotatable bonds is 9. The largest absolute Gasteiger partial charge is 0.481 e. The average molecular weight is 433 g/mol. The normalized spacial score (nSPS) is 12.8. The lowest BCUT2D eigenvalue weighted by Crippen LogP contribution is -2.33. The lowest BCUT2D eigenvalue weighted by molar-refractivity contribution is -0.141. The van der Waals surface area contributed by atoms with Crippen molar-refractivity contribution in [1.29, 1.82) is 0 Å². The molecule has 6 heteroatoms. The zero-order valence-electron chi connectivity index (χ0n) is 18.3. The molecule has 0 spiro atoms. The van der Waals surface area contributed by atoms with Gasteiger partial charge in [0.25, 0.3) is 0 Å². The summed E-state index contributed by atoms with van der Waals surface area (Å²) in [5.41, 5.74) is 3.42. The van der Waals surface area contributed by atoms with Gasteiger partial charge in [0.15, 0.2) is 0 Å². The molecule has 0 fully saturated rings. The van der Waals surface area contributed by atoms with E-state index in [1.807, 2.05) is 48.5 Å². The summed E-state index contributed by atoms with van der Waals surface area (Å²) >= 11 is 0. The Kier molecular flexibility index (Phi) is 8.04. The molecule has 0 radical (unpaired) electrons. The Morgan fingerprint density at radius 2 is 1.69 bits per heavy atom. The predicted molar refractivity (Wildman–Crippen MR) is 123 cm³/mol. The van der Waals surface area contributed by atoms with E-state index in [0.717, 1.165) is 28.8 Å². The van der Waals surface area contributed by atoms with Crippen LogP contribution in [0.5, 0.6) is 0 Å². The number of nitrogens with zero attached hydrogens (tertiary/aromatic N) is 1. The van der Waals surface area contributed by atoms with E-state index in [9.17, 15) is 14.4 Å². The molecule has 2 aromatic carbocycles. The monoisotopic (exact) mass is 432 g/mol. The highest BCUT2D eigenvalue weighted by Gasteiger charge is 2.21. The second kappa shape index (κ2) is 11.1. The molecule has 166 valence electrons. The Hall–Kier alpha value is -3.59. The van der Waals surface area contributed by atoms with Crippen LogP contribution < -0.4 is 10.2 Å². The number of hydrogen-bond donors (Lipinski definition) is 2. The quantitative estimate of drug-likeness (QED) is 0.467.